The number of nitro groups is 1. The third-order valence-corrected chi connectivity index (χ3v) is 2.48. The van der Waals surface area contributed by atoms with Crippen LogP contribution in [0.25, 0.3) is 6.08 Å². The summed E-state index contributed by atoms with van der Waals surface area (Å²) in [5, 5.41) is 11.7. The second kappa shape index (κ2) is 5.66. The number of allylic oxidation sites excluding steroid dienone is 1. The number of alkyl halides is 1. The smallest absolute Gasteiger partial charge is 0.258 e. The number of para-hydroxylation sites is 1. The number of hydrogen-bond donors (Lipinski definition) is 0. The molecule has 3 nitrogen and oxygen atoms in total. The van der Waals surface area contributed by atoms with Gasteiger partial charge in [-0.2, -0.15) is 0 Å². The molecule has 0 spiro atoms. The first kappa shape index (κ1) is 11.9. The number of hydrogen-bond acceptors (Lipinski definition) is 2. The fourth-order valence-electron chi connectivity index (χ4n) is 1.34. The molecule has 0 radical (unpaired) electrons. The Balaban J connectivity index is 3.06. The van der Waals surface area contributed by atoms with Crippen molar-refractivity contribution < 1.29 is 4.92 Å². The molecule has 1 aromatic carbocycles. The Labute approximate surface area is 97.1 Å². The summed E-state index contributed by atoms with van der Waals surface area (Å²) in [7, 11) is 0. The van der Waals surface area contributed by atoms with Gasteiger partial charge in [-0.25, -0.2) is 0 Å². The van der Waals surface area contributed by atoms with E-state index >= 15 is 0 Å². The van der Waals surface area contributed by atoms with Gasteiger partial charge < -0.3 is 0 Å². The van der Waals surface area contributed by atoms with Crippen LogP contribution in [-0.2, 0) is 0 Å². The van der Waals surface area contributed by atoms with E-state index in [2.05, 4.69) is 15.9 Å². The van der Waals surface area contributed by atoms with E-state index in [1.165, 1.54) is 0 Å². The highest BCUT2D eigenvalue weighted by Gasteiger charge is 2.13. The van der Waals surface area contributed by atoms with Crippen LogP contribution in [0.15, 0.2) is 24.3 Å². The average molecular weight is 270 g/mol. The molecule has 0 heterocycles. The third kappa shape index (κ3) is 3.16. The lowest BCUT2D eigenvalue weighted by Crippen LogP contribution is -1.94. The molecule has 80 valence electrons. The maximum Gasteiger partial charge on any atom is 0.279 e. The van der Waals surface area contributed by atoms with Crippen molar-refractivity contribution in [3.63, 3.8) is 0 Å². The second-order valence-corrected chi connectivity index (χ2v) is 3.94. The van der Waals surface area contributed by atoms with Gasteiger partial charge >= 0.3 is 0 Å². The van der Waals surface area contributed by atoms with Crippen molar-refractivity contribution in [1.29, 1.82) is 0 Å². The summed E-state index contributed by atoms with van der Waals surface area (Å²) in [6, 6.07) is 5.34. The van der Waals surface area contributed by atoms with E-state index < -0.39 is 0 Å². The number of aryl methyl sites for hydroxylation is 1. The van der Waals surface area contributed by atoms with E-state index in [0.717, 1.165) is 11.8 Å². The molecule has 0 unspecified atom stereocenters. The molecule has 0 aromatic heterocycles. The molecule has 0 saturated heterocycles. The summed E-state index contributed by atoms with van der Waals surface area (Å²) in [6.45, 7) is 1.75. The zero-order valence-corrected chi connectivity index (χ0v) is 10.0. The standard InChI is InChI=1S/C11H12BrNO2/c1-9-5-4-7-10(6-2-3-8-12)11(9)13(14)15/h2,4-7H,3,8H2,1H3. The van der Waals surface area contributed by atoms with Crippen LogP contribution in [-0.4, -0.2) is 10.3 Å². The zero-order chi connectivity index (χ0) is 11.3. The van der Waals surface area contributed by atoms with Gasteiger partial charge in [-0.3, -0.25) is 10.1 Å². The lowest BCUT2D eigenvalue weighted by atomic mass is 10.1. The van der Waals surface area contributed by atoms with Gasteiger partial charge in [0, 0.05) is 10.9 Å². The molecule has 0 atom stereocenters. The highest BCUT2D eigenvalue weighted by Crippen LogP contribution is 2.24. The zero-order valence-electron chi connectivity index (χ0n) is 8.44. The minimum atomic E-state index is -0.330. The van der Waals surface area contributed by atoms with Crippen LogP contribution in [0.3, 0.4) is 0 Å². The fraction of sp³-hybridized carbons (Fsp3) is 0.273. The van der Waals surface area contributed by atoms with Gasteiger partial charge in [0.05, 0.1) is 10.5 Å². The Hall–Kier alpha value is -1.16. The normalized spacial score (nSPS) is 10.8. The van der Waals surface area contributed by atoms with Gasteiger partial charge in [0.15, 0.2) is 0 Å². The van der Waals surface area contributed by atoms with Gasteiger partial charge in [0.2, 0.25) is 0 Å². The van der Waals surface area contributed by atoms with Crippen molar-refractivity contribution >= 4 is 27.7 Å². The Morgan fingerprint density at radius 3 is 2.87 bits per heavy atom. The Morgan fingerprint density at radius 1 is 1.53 bits per heavy atom. The maximum absolute atomic E-state index is 10.8. The molecule has 1 rings (SSSR count). The molecule has 0 N–H and O–H groups in total. The molecule has 1 aromatic rings. The SMILES string of the molecule is Cc1cccc(C=CCCBr)c1[N+](=O)[O-]. The molecule has 15 heavy (non-hydrogen) atoms. The first-order valence-corrected chi connectivity index (χ1v) is 5.75. The first-order chi connectivity index (χ1) is 7.16. The van der Waals surface area contributed by atoms with Crippen LogP contribution in [0.4, 0.5) is 5.69 Å². The molecular formula is C11H12BrNO2. The monoisotopic (exact) mass is 269 g/mol. The van der Waals surface area contributed by atoms with Crippen molar-refractivity contribution in [3.8, 4) is 0 Å². The minimum Gasteiger partial charge on any atom is -0.258 e. The van der Waals surface area contributed by atoms with Crippen LogP contribution < -0.4 is 0 Å². The Morgan fingerprint density at radius 2 is 2.27 bits per heavy atom. The van der Waals surface area contributed by atoms with Gasteiger partial charge in [-0.15, -0.1) is 0 Å². The number of nitrogens with zero attached hydrogens (tertiary/aromatic N) is 1. The lowest BCUT2D eigenvalue weighted by Gasteiger charge is -2.00. The van der Waals surface area contributed by atoms with Crippen LogP contribution in [0.1, 0.15) is 17.5 Å². The van der Waals surface area contributed by atoms with Crippen LogP contribution in [0.2, 0.25) is 0 Å². The van der Waals surface area contributed by atoms with E-state index in [9.17, 15) is 10.1 Å². The molecule has 0 aliphatic rings. The summed E-state index contributed by atoms with van der Waals surface area (Å²) in [6.07, 6.45) is 4.59. The van der Waals surface area contributed by atoms with Crippen LogP contribution in [0, 0.1) is 17.0 Å². The predicted octanol–water partition coefficient (Wildman–Crippen LogP) is 3.70. The molecule has 0 aliphatic heterocycles. The Bertz CT molecular complexity index is 388. The minimum absolute atomic E-state index is 0.198. The molecule has 0 aliphatic carbocycles. The average Bonchev–Trinajstić information content (AvgIpc) is 2.17. The molecule has 0 saturated carbocycles. The van der Waals surface area contributed by atoms with Crippen LogP contribution in [0.5, 0.6) is 0 Å². The van der Waals surface area contributed by atoms with Gasteiger partial charge in [0.1, 0.15) is 0 Å². The number of benzene rings is 1. The molecule has 0 amide bonds. The predicted molar refractivity (Wildman–Crippen MR) is 65.3 cm³/mol. The first-order valence-electron chi connectivity index (χ1n) is 4.63. The quantitative estimate of drug-likeness (QED) is 0.475. The third-order valence-electron chi connectivity index (χ3n) is 2.02. The summed E-state index contributed by atoms with van der Waals surface area (Å²) in [5.41, 5.74) is 1.56. The number of rotatable bonds is 4. The van der Waals surface area contributed by atoms with Gasteiger partial charge in [0.25, 0.3) is 5.69 Å². The van der Waals surface area contributed by atoms with Gasteiger partial charge in [-0.05, 0) is 19.4 Å². The van der Waals surface area contributed by atoms with Crippen molar-refractivity contribution in [2.75, 3.05) is 5.33 Å². The summed E-state index contributed by atoms with van der Waals surface area (Å²) >= 11 is 3.30. The lowest BCUT2D eigenvalue weighted by molar-refractivity contribution is -0.385. The summed E-state index contributed by atoms with van der Waals surface area (Å²) in [5.74, 6) is 0. The topological polar surface area (TPSA) is 43.1 Å². The molecule has 4 heteroatoms. The molecular weight excluding hydrogens is 258 g/mol. The van der Waals surface area contributed by atoms with E-state index in [1.807, 2.05) is 12.1 Å². The highest BCUT2D eigenvalue weighted by atomic mass is 79.9. The van der Waals surface area contributed by atoms with E-state index in [0.29, 0.717) is 11.1 Å². The molecule has 0 bridgehead atoms. The second-order valence-electron chi connectivity index (χ2n) is 3.15. The van der Waals surface area contributed by atoms with Crippen LogP contribution >= 0.6 is 15.9 Å². The van der Waals surface area contributed by atoms with Crippen molar-refractivity contribution in [2.24, 2.45) is 0 Å². The van der Waals surface area contributed by atoms with E-state index in [4.69, 9.17) is 0 Å². The molecule has 0 fully saturated rings. The largest absolute Gasteiger partial charge is 0.279 e. The van der Waals surface area contributed by atoms with Crippen molar-refractivity contribution in [2.45, 2.75) is 13.3 Å². The highest BCUT2D eigenvalue weighted by molar-refractivity contribution is 9.09. The summed E-state index contributed by atoms with van der Waals surface area (Å²) < 4.78 is 0. The summed E-state index contributed by atoms with van der Waals surface area (Å²) in [4.78, 5) is 10.5. The number of nitro benzene ring substituents is 1. The number of halogens is 1. The van der Waals surface area contributed by atoms with E-state index in [-0.39, 0.29) is 10.6 Å². The maximum atomic E-state index is 10.8. The van der Waals surface area contributed by atoms with Crippen molar-refractivity contribution in [1.82, 2.24) is 0 Å². The fourth-order valence-corrected chi connectivity index (χ4v) is 1.60. The van der Waals surface area contributed by atoms with Crippen molar-refractivity contribution in [3.05, 3.63) is 45.5 Å². The van der Waals surface area contributed by atoms with Gasteiger partial charge in [-0.1, -0.05) is 40.2 Å². The Kier molecular flexibility index (Phi) is 4.49. The van der Waals surface area contributed by atoms with E-state index in [1.54, 1.807) is 25.1 Å².